The minimum atomic E-state index is -1.09. The Morgan fingerprint density at radius 1 is 0.460 bits per heavy atom. The minimum Gasteiger partial charge on any atom is -0.460 e. The number of rotatable bonds is 15. The number of nitrogens with one attached hydrogen (secondary N) is 1. The Labute approximate surface area is 371 Å². The largest absolute Gasteiger partial charge is 0.460 e. The third-order valence-electron chi connectivity index (χ3n) is 11.4. The molecule has 1 fully saturated rings. The highest BCUT2D eigenvalue weighted by Gasteiger charge is 2.51. The SMILES string of the molecule is O=C(CN1CCNCCN(CC(=O)OCc2ccccc2)C(c2ccccc2)(c2ccccc2)C(c2ccccc2)N(CC(=O)OCc2ccccc2)CC1)OCc1ccccc1. The number of benzene rings is 6. The number of ether oxygens (including phenoxy) is 3. The summed E-state index contributed by atoms with van der Waals surface area (Å²) in [4.78, 5) is 48.6. The van der Waals surface area contributed by atoms with Crippen LogP contribution in [0.15, 0.2) is 182 Å². The van der Waals surface area contributed by atoms with Gasteiger partial charge in [-0.15, -0.1) is 0 Å². The van der Waals surface area contributed by atoms with Crippen LogP contribution >= 0.6 is 0 Å². The van der Waals surface area contributed by atoms with Gasteiger partial charge < -0.3 is 19.5 Å². The molecule has 1 saturated heterocycles. The van der Waals surface area contributed by atoms with Crippen molar-refractivity contribution in [3.8, 4) is 0 Å². The van der Waals surface area contributed by atoms with E-state index in [0.717, 1.165) is 33.4 Å². The summed E-state index contributed by atoms with van der Waals surface area (Å²) >= 11 is 0. The van der Waals surface area contributed by atoms with Crippen LogP contribution in [0.1, 0.15) is 39.4 Å². The van der Waals surface area contributed by atoms with Gasteiger partial charge in [0.05, 0.1) is 31.2 Å². The molecule has 63 heavy (non-hydrogen) atoms. The molecule has 0 bridgehead atoms. The lowest BCUT2D eigenvalue weighted by Crippen LogP contribution is -2.60. The van der Waals surface area contributed by atoms with Gasteiger partial charge in [-0.2, -0.15) is 0 Å². The number of hydrogen-bond acceptors (Lipinski definition) is 10. The predicted molar refractivity (Wildman–Crippen MR) is 244 cm³/mol. The van der Waals surface area contributed by atoms with Crippen LogP contribution in [0.2, 0.25) is 0 Å². The summed E-state index contributed by atoms with van der Waals surface area (Å²) in [6.45, 7) is 3.23. The third-order valence-corrected chi connectivity index (χ3v) is 11.4. The number of carbonyl (C=O) groups excluding carboxylic acids is 3. The zero-order valence-corrected chi connectivity index (χ0v) is 35.7. The van der Waals surface area contributed by atoms with Crippen molar-refractivity contribution in [3.63, 3.8) is 0 Å². The van der Waals surface area contributed by atoms with Crippen molar-refractivity contribution in [3.05, 3.63) is 215 Å². The van der Waals surface area contributed by atoms with Crippen LogP contribution in [-0.4, -0.2) is 91.5 Å². The topological polar surface area (TPSA) is 101 Å². The Kier molecular flexibility index (Phi) is 16.4. The van der Waals surface area contributed by atoms with Crippen molar-refractivity contribution in [1.29, 1.82) is 0 Å². The number of esters is 3. The molecule has 0 spiro atoms. The van der Waals surface area contributed by atoms with Gasteiger partial charge in [0, 0.05) is 39.3 Å². The molecule has 0 saturated carbocycles. The molecule has 1 heterocycles. The van der Waals surface area contributed by atoms with Gasteiger partial charge in [0.1, 0.15) is 19.8 Å². The molecule has 1 aliphatic rings. The summed E-state index contributed by atoms with van der Waals surface area (Å²) in [7, 11) is 0. The van der Waals surface area contributed by atoms with Crippen LogP contribution in [0.4, 0.5) is 0 Å². The Morgan fingerprint density at radius 2 is 0.857 bits per heavy atom. The molecule has 1 unspecified atom stereocenters. The lowest BCUT2D eigenvalue weighted by atomic mass is 9.71. The fraction of sp³-hybridized carbons (Fsp3) is 0.264. The summed E-state index contributed by atoms with van der Waals surface area (Å²) in [5.41, 5.74) is 4.41. The van der Waals surface area contributed by atoms with Crippen molar-refractivity contribution >= 4 is 17.9 Å². The molecule has 0 aromatic heterocycles. The van der Waals surface area contributed by atoms with Gasteiger partial charge in [-0.25, -0.2) is 0 Å². The summed E-state index contributed by atoms with van der Waals surface area (Å²) in [5, 5.41) is 3.62. The van der Waals surface area contributed by atoms with Crippen molar-refractivity contribution < 1.29 is 28.6 Å². The van der Waals surface area contributed by atoms with Crippen LogP contribution in [0.5, 0.6) is 0 Å². The predicted octanol–water partition coefficient (Wildman–Crippen LogP) is 7.41. The van der Waals surface area contributed by atoms with Crippen molar-refractivity contribution in [2.24, 2.45) is 0 Å². The molecule has 1 aliphatic heterocycles. The molecule has 6 aromatic carbocycles. The summed E-state index contributed by atoms with van der Waals surface area (Å²) in [6, 6.07) is 59.0. The highest BCUT2D eigenvalue weighted by atomic mass is 16.5. The molecule has 0 amide bonds. The van der Waals surface area contributed by atoms with Crippen molar-refractivity contribution in [2.75, 3.05) is 58.9 Å². The van der Waals surface area contributed by atoms with Gasteiger partial charge in [0.2, 0.25) is 0 Å². The van der Waals surface area contributed by atoms with E-state index in [9.17, 15) is 14.4 Å². The zero-order chi connectivity index (χ0) is 43.5. The highest BCUT2D eigenvalue weighted by Crippen LogP contribution is 2.49. The second kappa shape index (κ2) is 23.1. The van der Waals surface area contributed by atoms with E-state index in [-0.39, 0.29) is 51.4 Å². The molecule has 324 valence electrons. The molecular weight excluding hydrogens is 789 g/mol. The molecule has 1 N–H and O–H groups in total. The maximum Gasteiger partial charge on any atom is 0.320 e. The maximum absolute atomic E-state index is 14.3. The normalized spacial score (nSPS) is 16.5. The quantitative estimate of drug-likeness (QED) is 0.0832. The first-order chi connectivity index (χ1) is 31.0. The van der Waals surface area contributed by atoms with E-state index >= 15 is 0 Å². The smallest absolute Gasteiger partial charge is 0.320 e. The van der Waals surface area contributed by atoms with E-state index in [4.69, 9.17) is 14.2 Å². The second-order valence-corrected chi connectivity index (χ2v) is 15.7. The van der Waals surface area contributed by atoms with Gasteiger partial charge >= 0.3 is 17.9 Å². The Morgan fingerprint density at radius 3 is 1.33 bits per heavy atom. The lowest BCUT2D eigenvalue weighted by molar-refractivity contribution is -0.152. The van der Waals surface area contributed by atoms with Crippen molar-refractivity contribution in [2.45, 2.75) is 31.4 Å². The van der Waals surface area contributed by atoms with E-state index in [1.165, 1.54) is 0 Å². The first-order valence-electron chi connectivity index (χ1n) is 21.7. The molecule has 10 heteroatoms. The first kappa shape index (κ1) is 44.6. The fourth-order valence-electron chi connectivity index (χ4n) is 8.41. The first-order valence-corrected chi connectivity index (χ1v) is 21.7. The molecule has 7 rings (SSSR count). The molecule has 1 atom stereocenters. The molecular formula is C53H56N4O6. The summed E-state index contributed by atoms with van der Waals surface area (Å²) in [6.07, 6.45) is 0. The number of nitrogens with zero attached hydrogens (tertiary/aromatic N) is 3. The van der Waals surface area contributed by atoms with Gasteiger partial charge in [-0.3, -0.25) is 29.1 Å². The Balaban J connectivity index is 1.33. The van der Waals surface area contributed by atoms with Crippen LogP contribution in [0, 0.1) is 0 Å². The Hall–Kier alpha value is -6.43. The molecule has 0 radical (unpaired) electrons. The van der Waals surface area contributed by atoms with Gasteiger partial charge in [0.25, 0.3) is 0 Å². The number of carbonyl (C=O) groups is 3. The lowest BCUT2D eigenvalue weighted by Gasteiger charge is -2.53. The van der Waals surface area contributed by atoms with Gasteiger partial charge in [-0.05, 0) is 33.4 Å². The van der Waals surface area contributed by atoms with Crippen LogP contribution in [0.25, 0.3) is 0 Å². The zero-order valence-electron chi connectivity index (χ0n) is 35.7. The van der Waals surface area contributed by atoms with Gasteiger partial charge in [0.15, 0.2) is 0 Å². The van der Waals surface area contributed by atoms with Crippen LogP contribution in [0.3, 0.4) is 0 Å². The maximum atomic E-state index is 14.3. The molecule has 0 aliphatic carbocycles. The second-order valence-electron chi connectivity index (χ2n) is 15.7. The fourth-order valence-corrected chi connectivity index (χ4v) is 8.41. The monoisotopic (exact) mass is 844 g/mol. The summed E-state index contributed by atoms with van der Waals surface area (Å²) in [5.74, 6) is -1.10. The minimum absolute atomic E-state index is 0.0483. The average molecular weight is 845 g/mol. The highest BCUT2D eigenvalue weighted by molar-refractivity contribution is 5.73. The van der Waals surface area contributed by atoms with E-state index in [1.807, 2.05) is 146 Å². The molecule has 10 nitrogen and oxygen atoms in total. The standard InChI is InChI=1S/C53H56N4O6/c58-49(61-40-43-19-7-1-8-20-43)37-55-33-31-54-32-34-57(39-51(60)63-42-45-23-11-3-12-24-45)53(47-27-15-5-16-28-47,48-29-17-6-18-30-48)52(46-25-13-4-14-26-46)56(36-35-55)38-50(59)62-41-44-21-9-2-10-22-44/h1-30,52,54H,31-42H2. The van der Waals surface area contributed by atoms with E-state index in [2.05, 4.69) is 56.4 Å². The van der Waals surface area contributed by atoms with E-state index < -0.39 is 17.6 Å². The van der Waals surface area contributed by atoms with Crippen LogP contribution < -0.4 is 5.32 Å². The van der Waals surface area contributed by atoms with Gasteiger partial charge in [-0.1, -0.05) is 182 Å². The Bertz CT molecular complexity index is 2250. The van der Waals surface area contributed by atoms with Crippen LogP contribution in [-0.2, 0) is 54.0 Å². The number of hydrogen-bond donors (Lipinski definition) is 1. The van der Waals surface area contributed by atoms with E-state index in [0.29, 0.717) is 39.3 Å². The average Bonchev–Trinajstić information content (AvgIpc) is 3.33. The van der Waals surface area contributed by atoms with E-state index in [1.54, 1.807) is 0 Å². The van der Waals surface area contributed by atoms with Crippen molar-refractivity contribution in [1.82, 2.24) is 20.0 Å². The molecule has 6 aromatic rings. The third kappa shape index (κ3) is 12.4. The summed E-state index contributed by atoms with van der Waals surface area (Å²) < 4.78 is 17.8.